The van der Waals surface area contributed by atoms with E-state index >= 15 is 0 Å². The van der Waals surface area contributed by atoms with Gasteiger partial charge in [-0.1, -0.05) is 12.1 Å². The number of rotatable bonds is 5. The van der Waals surface area contributed by atoms with Crippen molar-refractivity contribution in [3.63, 3.8) is 0 Å². The van der Waals surface area contributed by atoms with Crippen LogP contribution >= 0.6 is 0 Å². The Kier molecular flexibility index (Phi) is 4.61. The van der Waals surface area contributed by atoms with Crippen LogP contribution < -0.4 is 20.1 Å². The fourth-order valence-electron chi connectivity index (χ4n) is 2.38. The summed E-state index contributed by atoms with van der Waals surface area (Å²) in [5, 5.41) is 5.75. The minimum absolute atomic E-state index is 0.0887. The molecule has 0 bridgehead atoms. The molecule has 120 valence electrons. The summed E-state index contributed by atoms with van der Waals surface area (Å²) in [6.45, 7) is 2.74. The monoisotopic (exact) mass is 313 g/mol. The standard InChI is InChI=1S/C17H19N3O3/c1-12(14-3-2-7-18-10-14)20-17(21)19-8-6-13-4-5-15-16(9-13)23-11-22-15/h2-5,7,9-10,12H,6,8,11H2,1H3,(H2,19,20,21)/t12-/m0/s1. The van der Waals surface area contributed by atoms with Gasteiger partial charge in [0.15, 0.2) is 11.5 Å². The molecule has 0 aliphatic carbocycles. The molecule has 0 fully saturated rings. The molecule has 0 spiro atoms. The summed E-state index contributed by atoms with van der Waals surface area (Å²) >= 11 is 0. The summed E-state index contributed by atoms with van der Waals surface area (Å²) < 4.78 is 10.6. The zero-order valence-electron chi connectivity index (χ0n) is 12.9. The second-order valence-corrected chi connectivity index (χ2v) is 5.35. The number of benzene rings is 1. The highest BCUT2D eigenvalue weighted by molar-refractivity contribution is 5.74. The second-order valence-electron chi connectivity index (χ2n) is 5.35. The van der Waals surface area contributed by atoms with Crippen molar-refractivity contribution in [2.24, 2.45) is 0 Å². The molecule has 6 nitrogen and oxygen atoms in total. The molecule has 23 heavy (non-hydrogen) atoms. The lowest BCUT2D eigenvalue weighted by Crippen LogP contribution is -2.38. The Bertz CT molecular complexity index is 676. The van der Waals surface area contributed by atoms with Crippen LogP contribution in [0.4, 0.5) is 4.79 Å². The molecule has 0 unspecified atom stereocenters. The summed E-state index contributed by atoms with van der Waals surface area (Å²) in [5.41, 5.74) is 2.06. The van der Waals surface area contributed by atoms with Crippen molar-refractivity contribution < 1.29 is 14.3 Å². The molecule has 3 rings (SSSR count). The number of carbonyl (C=O) groups excluding carboxylic acids is 1. The van der Waals surface area contributed by atoms with E-state index in [4.69, 9.17) is 9.47 Å². The number of hydrogen-bond donors (Lipinski definition) is 2. The summed E-state index contributed by atoms with van der Waals surface area (Å²) in [5.74, 6) is 1.53. The third-order valence-corrected chi connectivity index (χ3v) is 3.67. The quantitative estimate of drug-likeness (QED) is 0.889. The van der Waals surface area contributed by atoms with Crippen LogP contribution in [0.3, 0.4) is 0 Å². The predicted molar refractivity (Wildman–Crippen MR) is 85.5 cm³/mol. The van der Waals surface area contributed by atoms with Crippen LogP contribution in [0.2, 0.25) is 0 Å². The lowest BCUT2D eigenvalue weighted by Gasteiger charge is -2.14. The molecule has 1 aliphatic rings. The summed E-state index contributed by atoms with van der Waals surface area (Å²) in [6.07, 6.45) is 4.19. The zero-order valence-corrected chi connectivity index (χ0v) is 12.9. The van der Waals surface area contributed by atoms with Gasteiger partial charge in [0.25, 0.3) is 0 Å². The van der Waals surface area contributed by atoms with Crippen LogP contribution in [-0.2, 0) is 6.42 Å². The van der Waals surface area contributed by atoms with Crippen molar-refractivity contribution in [2.45, 2.75) is 19.4 Å². The lowest BCUT2D eigenvalue weighted by atomic mass is 10.1. The fraction of sp³-hybridized carbons (Fsp3) is 0.294. The third-order valence-electron chi connectivity index (χ3n) is 3.67. The first kappa shape index (κ1) is 15.1. The first-order valence-electron chi connectivity index (χ1n) is 7.55. The molecule has 0 radical (unpaired) electrons. The largest absolute Gasteiger partial charge is 0.454 e. The maximum Gasteiger partial charge on any atom is 0.315 e. The van der Waals surface area contributed by atoms with E-state index < -0.39 is 0 Å². The molecule has 1 aromatic heterocycles. The molecular formula is C17H19N3O3. The molecule has 1 aliphatic heterocycles. The van der Waals surface area contributed by atoms with Gasteiger partial charge in [0, 0.05) is 18.9 Å². The average Bonchev–Trinajstić information content (AvgIpc) is 3.03. The highest BCUT2D eigenvalue weighted by Gasteiger charge is 2.13. The lowest BCUT2D eigenvalue weighted by molar-refractivity contribution is 0.174. The molecule has 0 saturated carbocycles. The number of nitrogens with one attached hydrogen (secondary N) is 2. The number of aromatic nitrogens is 1. The van der Waals surface area contributed by atoms with Crippen LogP contribution in [0.1, 0.15) is 24.1 Å². The van der Waals surface area contributed by atoms with Crippen molar-refractivity contribution in [2.75, 3.05) is 13.3 Å². The van der Waals surface area contributed by atoms with Gasteiger partial charge in [-0.15, -0.1) is 0 Å². The zero-order chi connectivity index (χ0) is 16.1. The number of carbonyl (C=O) groups is 1. The fourth-order valence-corrected chi connectivity index (χ4v) is 2.38. The highest BCUT2D eigenvalue weighted by atomic mass is 16.7. The van der Waals surface area contributed by atoms with Crippen LogP contribution in [0.25, 0.3) is 0 Å². The average molecular weight is 313 g/mol. The van der Waals surface area contributed by atoms with E-state index in [9.17, 15) is 4.79 Å². The minimum Gasteiger partial charge on any atom is -0.454 e. The van der Waals surface area contributed by atoms with Gasteiger partial charge in [-0.3, -0.25) is 4.98 Å². The normalized spacial score (nSPS) is 13.4. The number of urea groups is 1. The van der Waals surface area contributed by atoms with Crippen molar-refractivity contribution in [1.29, 1.82) is 0 Å². The maximum absolute atomic E-state index is 11.9. The number of fused-ring (bicyclic) bond motifs is 1. The molecule has 6 heteroatoms. The van der Waals surface area contributed by atoms with Crippen molar-refractivity contribution >= 4 is 6.03 Å². The van der Waals surface area contributed by atoms with Gasteiger partial charge < -0.3 is 20.1 Å². The smallest absolute Gasteiger partial charge is 0.315 e. The van der Waals surface area contributed by atoms with Gasteiger partial charge in [0.05, 0.1) is 6.04 Å². The number of nitrogens with zero attached hydrogens (tertiary/aromatic N) is 1. The van der Waals surface area contributed by atoms with Crippen molar-refractivity contribution in [3.8, 4) is 11.5 Å². The summed E-state index contributed by atoms with van der Waals surface area (Å²) in [4.78, 5) is 16.0. The second kappa shape index (κ2) is 7.00. The molecule has 2 heterocycles. The van der Waals surface area contributed by atoms with Gasteiger partial charge >= 0.3 is 6.03 Å². The van der Waals surface area contributed by atoms with Crippen LogP contribution in [-0.4, -0.2) is 24.4 Å². The summed E-state index contributed by atoms with van der Waals surface area (Å²) in [6, 6.07) is 9.32. The molecule has 2 aromatic rings. The number of pyridine rings is 1. The van der Waals surface area contributed by atoms with Gasteiger partial charge in [-0.25, -0.2) is 4.79 Å². The van der Waals surface area contributed by atoms with Crippen molar-refractivity contribution in [3.05, 3.63) is 53.9 Å². The molecule has 1 aromatic carbocycles. The van der Waals surface area contributed by atoms with E-state index in [1.54, 1.807) is 12.4 Å². The molecule has 2 N–H and O–H groups in total. The Morgan fingerprint density at radius 2 is 2.17 bits per heavy atom. The molecule has 1 atom stereocenters. The number of amides is 2. The first-order valence-corrected chi connectivity index (χ1v) is 7.55. The van der Waals surface area contributed by atoms with Gasteiger partial charge in [0.2, 0.25) is 6.79 Å². The Hall–Kier alpha value is -2.76. The Labute approximate surface area is 134 Å². The van der Waals surface area contributed by atoms with E-state index in [0.29, 0.717) is 6.54 Å². The SMILES string of the molecule is C[C@H](NC(=O)NCCc1ccc2c(c1)OCO2)c1cccnc1. The maximum atomic E-state index is 11.9. The van der Waals surface area contributed by atoms with Gasteiger partial charge in [-0.2, -0.15) is 0 Å². The van der Waals surface area contributed by atoms with E-state index in [0.717, 1.165) is 29.0 Å². The first-order chi connectivity index (χ1) is 11.2. The third kappa shape index (κ3) is 3.91. The van der Waals surface area contributed by atoms with Crippen LogP contribution in [0, 0.1) is 0 Å². The van der Waals surface area contributed by atoms with Gasteiger partial charge in [-0.05, 0) is 42.7 Å². The predicted octanol–water partition coefficient (Wildman–Crippen LogP) is 2.41. The van der Waals surface area contributed by atoms with Crippen LogP contribution in [0.5, 0.6) is 11.5 Å². The van der Waals surface area contributed by atoms with E-state index in [1.807, 2.05) is 37.3 Å². The van der Waals surface area contributed by atoms with E-state index in [2.05, 4.69) is 15.6 Å². The number of ether oxygens (including phenoxy) is 2. The topological polar surface area (TPSA) is 72.5 Å². The highest BCUT2D eigenvalue weighted by Crippen LogP contribution is 2.32. The van der Waals surface area contributed by atoms with Gasteiger partial charge in [0.1, 0.15) is 0 Å². The minimum atomic E-state index is -0.193. The molecule has 2 amide bonds. The van der Waals surface area contributed by atoms with E-state index in [-0.39, 0.29) is 18.9 Å². The Balaban J connectivity index is 1.44. The Morgan fingerprint density at radius 3 is 3.00 bits per heavy atom. The molecule has 0 saturated heterocycles. The summed E-state index contributed by atoms with van der Waals surface area (Å²) in [7, 11) is 0. The molecular weight excluding hydrogens is 294 g/mol. The number of hydrogen-bond acceptors (Lipinski definition) is 4. The van der Waals surface area contributed by atoms with Crippen LogP contribution in [0.15, 0.2) is 42.7 Å². The Morgan fingerprint density at radius 1 is 1.30 bits per heavy atom. The van der Waals surface area contributed by atoms with Crippen molar-refractivity contribution in [1.82, 2.24) is 15.6 Å². The van der Waals surface area contributed by atoms with E-state index in [1.165, 1.54) is 0 Å².